The van der Waals surface area contributed by atoms with Crippen LogP contribution in [0, 0.1) is 5.92 Å². The van der Waals surface area contributed by atoms with Gasteiger partial charge in [-0.25, -0.2) is 0 Å². The minimum absolute atomic E-state index is 0.780. The summed E-state index contributed by atoms with van der Waals surface area (Å²) >= 11 is 0. The summed E-state index contributed by atoms with van der Waals surface area (Å²) in [5.74, 6) is 0.944. The molecule has 1 aliphatic carbocycles. The van der Waals surface area contributed by atoms with Crippen LogP contribution in [-0.2, 0) is 13.0 Å². The molecule has 18 heavy (non-hydrogen) atoms. The van der Waals surface area contributed by atoms with Crippen LogP contribution in [0.25, 0.3) is 0 Å². The van der Waals surface area contributed by atoms with Crippen molar-refractivity contribution < 1.29 is 0 Å². The van der Waals surface area contributed by atoms with Gasteiger partial charge in [0.25, 0.3) is 0 Å². The molecule has 2 rings (SSSR count). The first-order chi connectivity index (χ1) is 8.85. The molecule has 0 spiro atoms. The van der Waals surface area contributed by atoms with Crippen molar-refractivity contribution in [2.45, 2.75) is 45.2 Å². The van der Waals surface area contributed by atoms with Crippen LogP contribution >= 0.6 is 0 Å². The lowest BCUT2D eigenvalue weighted by Crippen LogP contribution is -2.19. The van der Waals surface area contributed by atoms with Gasteiger partial charge in [-0.3, -0.25) is 0 Å². The zero-order valence-electron chi connectivity index (χ0n) is 11.7. The number of nitrogens with one attached hydrogen (secondary N) is 2. The highest BCUT2D eigenvalue weighted by Crippen LogP contribution is 2.34. The van der Waals surface area contributed by atoms with Crippen molar-refractivity contribution in [3.63, 3.8) is 0 Å². The van der Waals surface area contributed by atoms with E-state index in [4.69, 9.17) is 0 Å². The third-order valence-corrected chi connectivity index (χ3v) is 3.90. The smallest absolute Gasteiger partial charge is 0.0210 e. The van der Waals surface area contributed by atoms with E-state index >= 15 is 0 Å². The second-order valence-corrected chi connectivity index (χ2v) is 5.39. The fourth-order valence-electron chi connectivity index (χ4n) is 2.66. The van der Waals surface area contributed by atoms with Crippen molar-refractivity contribution in [1.82, 2.24) is 10.6 Å². The topological polar surface area (TPSA) is 24.1 Å². The van der Waals surface area contributed by atoms with Gasteiger partial charge in [-0.15, -0.1) is 0 Å². The first kappa shape index (κ1) is 13.6. The third-order valence-electron chi connectivity index (χ3n) is 3.90. The molecule has 0 radical (unpaired) electrons. The van der Waals surface area contributed by atoms with Crippen molar-refractivity contribution in [2.24, 2.45) is 5.92 Å². The first-order valence-corrected chi connectivity index (χ1v) is 7.30. The van der Waals surface area contributed by atoms with Crippen LogP contribution in [0.2, 0.25) is 0 Å². The van der Waals surface area contributed by atoms with Gasteiger partial charge in [0.2, 0.25) is 0 Å². The lowest BCUT2D eigenvalue weighted by Gasteiger charge is -2.10. The van der Waals surface area contributed by atoms with Crippen molar-refractivity contribution in [1.29, 1.82) is 0 Å². The summed E-state index contributed by atoms with van der Waals surface area (Å²) in [6, 6.07) is 9.59. The highest BCUT2D eigenvalue weighted by Gasteiger charge is 2.35. The SMILES string of the molecule is CCCC1CC1NCc1ccccc1CCNC. The van der Waals surface area contributed by atoms with E-state index in [1.54, 1.807) is 0 Å². The quantitative estimate of drug-likeness (QED) is 0.737. The van der Waals surface area contributed by atoms with Gasteiger partial charge in [0.1, 0.15) is 0 Å². The van der Waals surface area contributed by atoms with Gasteiger partial charge in [-0.1, -0.05) is 37.6 Å². The van der Waals surface area contributed by atoms with E-state index < -0.39 is 0 Å². The molecule has 1 aromatic carbocycles. The molecule has 1 aliphatic rings. The predicted octanol–water partition coefficient (Wildman–Crippen LogP) is 2.73. The number of benzene rings is 1. The molecule has 2 atom stereocenters. The van der Waals surface area contributed by atoms with Crippen molar-refractivity contribution in [3.05, 3.63) is 35.4 Å². The van der Waals surface area contributed by atoms with Crippen molar-refractivity contribution >= 4 is 0 Å². The molecule has 2 N–H and O–H groups in total. The predicted molar refractivity (Wildman–Crippen MR) is 77.7 cm³/mol. The van der Waals surface area contributed by atoms with Gasteiger partial charge < -0.3 is 10.6 Å². The van der Waals surface area contributed by atoms with Gasteiger partial charge >= 0.3 is 0 Å². The average Bonchev–Trinajstić information content (AvgIpc) is 3.14. The molecule has 2 heteroatoms. The maximum atomic E-state index is 3.70. The molecule has 1 fully saturated rings. The first-order valence-electron chi connectivity index (χ1n) is 7.30. The summed E-state index contributed by atoms with van der Waals surface area (Å²) in [5, 5.41) is 6.93. The molecule has 1 aromatic rings. The monoisotopic (exact) mass is 246 g/mol. The fraction of sp³-hybridized carbons (Fsp3) is 0.625. The Hall–Kier alpha value is -0.860. The van der Waals surface area contributed by atoms with Crippen LogP contribution in [0.3, 0.4) is 0 Å². The zero-order chi connectivity index (χ0) is 12.8. The standard InChI is InChI=1S/C16H26N2/c1-3-6-14-11-16(14)18-12-15-8-5-4-7-13(15)9-10-17-2/h4-5,7-8,14,16-18H,3,6,9-12H2,1-2H3. The van der Waals surface area contributed by atoms with Crippen LogP contribution in [0.4, 0.5) is 0 Å². The highest BCUT2D eigenvalue weighted by molar-refractivity contribution is 5.27. The minimum atomic E-state index is 0.780. The Labute approximate surface area is 111 Å². The molecule has 0 aromatic heterocycles. The third kappa shape index (κ3) is 3.82. The molecule has 2 unspecified atom stereocenters. The van der Waals surface area contributed by atoms with E-state index in [1.165, 1.54) is 30.4 Å². The Kier molecular flexibility index (Phi) is 5.21. The summed E-state index contributed by atoms with van der Waals surface area (Å²) in [6.45, 7) is 4.37. The van der Waals surface area contributed by atoms with Crippen molar-refractivity contribution in [2.75, 3.05) is 13.6 Å². The van der Waals surface area contributed by atoms with Gasteiger partial charge in [-0.05, 0) is 49.9 Å². The molecule has 0 saturated heterocycles. The Morgan fingerprint density at radius 3 is 2.72 bits per heavy atom. The zero-order valence-corrected chi connectivity index (χ0v) is 11.7. The number of likely N-dealkylation sites (N-methyl/N-ethyl adjacent to an activating group) is 1. The molecule has 0 heterocycles. The van der Waals surface area contributed by atoms with Gasteiger partial charge in [0.15, 0.2) is 0 Å². The largest absolute Gasteiger partial charge is 0.319 e. The normalized spacial score (nSPS) is 22.1. The van der Waals surface area contributed by atoms with E-state index in [1.807, 2.05) is 7.05 Å². The van der Waals surface area contributed by atoms with E-state index in [0.29, 0.717) is 0 Å². The maximum Gasteiger partial charge on any atom is 0.0210 e. The second-order valence-electron chi connectivity index (χ2n) is 5.39. The van der Waals surface area contributed by atoms with Crippen LogP contribution in [0.5, 0.6) is 0 Å². The number of rotatable bonds is 8. The van der Waals surface area contributed by atoms with Crippen LogP contribution in [-0.4, -0.2) is 19.6 Å². The van der Waals surface area contributed by atoms with E-state index in [0.717, 1.165) is 31.5 Å². The Balaban J connectivity index is 1.81. The number of hydrogen-bond acceptors (Lipinski definition) is 2. The second kappa shape index (κ2) is 6.91. The van der Waals surface area contributed by atoms with Crippen molar-refractivity contribution in [3.8, 4) is 0 Å². The molecule has 2 nitrogen and oxygen atoms in total. The molecule has 0 amide bonds. The maximum absolute atomic E-state index is 3.70. The van der Waals surface area contributed by atoms with Crippen LogP contribution in [0.1, 0.15) is 37.3 Å². The van der Waals surface area contributed by atoms with E-state index in [-0.39, 0.29) is 0 Å². The Morgan fingerprint density at radius 2 is 2.00 bits per heavy atom. The average molecular weight is 246 g/mol. The number of hydrogen-bond donors (Lipinski definition) is 2. The summed E-state index contributed by atoms with van der Waals surface area (Å²) in [7, 11) is 2.01. The molecular weight excluding hydrogens is 220 g/mol. The molecule has 100 valence electrons. The van der Waals surface area contributed by atoms with Gasteiger partial charge in [-0.2, -0.15) is 0 Å². The Bertz CT molecular complexity index is 362. The molecule has 1 saturated carbocycles. The fourth-order valence-corrected chi connectivity index (χ4v) is 2.66. The lowest BCUT2D eigenvalue weighted by atomic mass is 10.0. The summed E-state index contributed by atoms with van der Waals surface area (Å²) in [6.07, 6.45) is 5.21. The molecule has 0 bridgehead atoms. The van der Waals surface area contributed by atoms with Crippen LogP contribution < -0.4 is 10.6 Å². The lowest BCUT2D eigenvalue weighted by molar-refractivity contribution is 0.597. The summed E-state index contributed by atoms with van der Waals surface area (Å²) in [5.41, 5.74) is 2.95. The van der Waals surface area contributed by atoms with Gasteiger partial charge in [0, 0.05) is 12.6 Å². The Morgan fingerprint density at radius 1 is 1.22 bits per heavy atom. The molecular formula is C16H26N2. The van der Waals surface area contributed by atoms with Gasteiger partial charge in [0.05, 0.1) is 0 Å². The molecule has 0 aliphatic heterocycles. The summed E-state index contributed by atoms with van der Waals surface area (Å²) in [4.78, 5) is 0. The summed E-state index contributed by atoms with van der Waals surface area (Å²) < 4.78 is 0. The highest BCUT2D eigenvalue weighted by atomic mass is 15.0. The van der Waals surface area contributed by atoms with E-state index in [2.05, 4.69) is 41.8 Å². The van der Waals surface area contributed by atoms with E-state index in [9.17, 15) is 0 Å². The minimum Gasteiger partial charge on any atom is -0.319 e. The van der Waals surface area contributed by atoms with Crippen LogP contribution in [0.15, 0.2) is 24.3 Å².